The molecule has 0 saturated heterocycles. The minimum Gasteiger partial charge on any atom is -0.496 e. The third kappa shape index (κ3) is 6.05. The van der Waals surface area contributed by atoms with E-state index in [1.54, 1.807) is 18.6 Å². The number of carbonyl (C=O) groups excluding carboxylic acids is 2. The van der Waals surface area contributed by atoms with Gasteiger partial charge in [0.1, 0.15) is 5.75 Å². The maximum Gasteiger partial charge on any atom is 0.407 e. The molecule has 1 heterocycles. The fourth-order valence-electron chi connectivity index (χ4n) is 8.73. The van der Waals surface area contributed by atoms with Gasteiger partial charge in [-0.1, -0.05) is 30.3 Å². The van der Waals surface area contributed by atoms with E-state index in [0.717, 1.165) is 70.0 Å². The first-order valence-corrected chi connectivity index (χ1v) is 18.0. The van der Waals surface area contributed by atoms with Gasteiger partial charge < -0.3 is 20.1 Å². The van der Waals surface area contributed by atoms with Crippen molar-refractivity contribution in [1.82, 2.24) is 15.0 Å². The van der Waals surface area contributed by atoms with Crippen molar-refractivity contribution in [1.29, 1.82) is 0 Å². The average Bonchev–Trinajstić information content (AvgIpc) is 3.83. The van der Waals surface area contributed by atoms with Gasteiger partial charge in [-0.05, 0) is 147 Å². The van der Waals surface area contributed by atoms with Crippen LogP contribution in [0.5, 0.6) is 5.75 Å². The molecular formula is C38H47N3O4S. The Hall–Kier alpha value is -3.39. The number of amides is 2. The molecule has 0 spiro atoms. The lowest BCUT2D eigenvalue weighted by Crippen LogP contribution is -2.52. The summed E-state index contributed by atoms with van der Waals surface area (Å²) in [6.07, 6.45) is 11.9. The molecule has 0 radical (unpaired) electrons. The molecule has 0 aliphatic heterocycles. The second kappa shape index (κ2) is 12.7. The number of rotatable bonds is 9. The Morgan fingerprint density at radius 1 is 0.913 bits per heavy atom. The van der Waals surface area contributed by atoms with E-state index < -0.39 is 6.09 Å². The molecule has 244 valence electrons. The monoisotopic (exact) mass is 641 g/mol. The fourth-order valence-corrected chi connectivity index (χ4v) is 9.54. The van der Waals surface area contributed by atoms with E-state index in [4.69, 9.17) is 13.8 Å². The highest BCUT2D eigenvalue weighted by atomic mass is 32.1. The highest BCUT2D eigenvalue weighted by molar-refractivity contribution is 7.09. The third-order valence-corrected chi connectivity index (χ3v) is 12.7. The Labute approximate surface area is 277 Å². The van der Waals surface area contributed by atoms with Gasteiger partial charge in [-0.25, -0.2) is 4.79 Å². The van der Waals surface area contributed by atoms with Gasteiger partial charge in [-0.3, -0.25) is 4.79 Å². The first-order chi connectivity index (χ1) is 22.3. The molecule has 2 aromatic carbocycles. The van der Waals surface area contributed by atoms with Crippen LogP contribution < -0.4 is 15.4 Å². The van der Waals surface area contributed by atoms with Crippen LogP contribution in [-0.4, -0.2) is 36.6 Å². The smallest absolute Gasteiger partial charge is 0.407 e. The molecule has 5 aliphatic carbocycles. The van der Waals surface area contributed by atoms with Crippen molar-refractivity contribution in [3.05, 3.63) is 70.9 Å². The minimum absolute atomic E-state index is 0.0219. The van der Waals surface area contributed by atoms with Crippen molar-refractivity contribution in [2.75, 3.05) is 14.2 Å². The Bertz CT molecular complexity index is 1560. The van der Waals surface area contributed by atoms with Gasteiger partial charge in [-0.2, -0.15) is 4.37 Å². The lowest BCUT2D eigenvalue weighted by molar-refractivity contribution is -0.129. The van der Waals surface area contributed by atoms with E-state index in [1.807, 2.05) is 0 Å². The summed E-state index contributed by atoms with van der Waals surface area (Å²) in [7, 11) is 3.13. The number of fused-ring (bicyclic) bond motifs is 3. The SMILES string of the molecule is COC(=O)NC1CCC(C(=O)NC(c2cccc(-c3cc(C4CC4)ns3)c2)C23CCC(c4ccc(OC)c(C)c4)(CC2)CC3)CC1. The molecule has 5 fully saturated rings. The number of alkyl carbamates (subject to hydrolysis) is 1. The number of ether oxygens (including phenoxy) is 2. The van der Waals surface area contributed by atoms with Gasteiger partial charge in [0.25, 0.3) is 0 Å². The van der Waals surface area contributed by atoms with Gasteiger partial charge in [0.05, 0.1) is 30.8 Å². The highest BCUT2D eigenvalue weighted by Crippen LogP contribution is 2.62. The molecule has 5 saturated carbocycles. The number of hydrogen-bond donors (Lipinski definition) is 2. The van der Waals surface area contributed by atoms with Crippen molar-refractivity contribution < 1.29 is 19.1 Å². The van der Waals surface area contributed by atoms with Crippen LogP contribution >= 0.6 is 11.5 Å². The van der Waals surface area contributed by atoms with Gasteiger partial charge >= 0.3 is 6.09 Å². The van der Waals surface area contributed by atoms with Crippen LogP contribution in [0.2, 0.25) is 0 Å². The number of nitrogens with one attached hydrogen (secondary N) is 2. The Balaban J connectivity index is 1.14. The number of methoxy groups -OCH3 is 2. The molecule has 1 atom stereocenters. The van der Waals surface area contributed by atoms with Crippen LogP contribution in [0, 0.1) is 18.3 Å². The van der Waals surface area contributed by atoms with Gasteiger partial charge in [0.15, 0.2) is 0 Å². The standard InChI is InChI=1S/C38H47N3O4S/c1-24-21-29(11-14-32(24)44-2)37-15-18-38(19-16-37,20-17-37)34(40-35(42)26-9-12-30(13-10-26)39-36(43)45-3)28-6-4-5-27(22-28)33-23-31(41-46-33)25-7-8-25/h4-6,11,14,21-23,25-26,30,34H,7-10,12-13,15-20H2,1-3H3,(H,39,43)(H,40,42). The normalized spacial score (nSPS) is 27.9. The predicted octanol–water partition coefficient (Wildman–Crippen LogP) is 8.37. The quantitative estimate of drug-likeness (QED) is 0.245. The van der Waals surface area contributed by atoms with Crippen molar-refractivity contribution in [3.63, 3.8) is 0 Å². The Morgan fingerprint density at radius 2 is 1.65 bits per heavy atom. The third-order valence-electron chi connectivity index (χ3n) is 11.8. The van der Waals surface area contributed by atoms with Crippen LogP contribution in [-0.2, 0) is 14.9 Å². The van der Waals surface area contributed by atoms with Crippen LogP contribution in [0.1, 0.15) is 111 Å². The lowest BCUT2D eigenvalue weighted by Gasteiger charge is -2.57. The first-order valence-electron chi connectivity index (χ1n) is 17.2. The highest BCUT2D eigenvalue weighted by Gasteiger charge is 2.53. The summed E-state index contributed by atoms with van der Waals surface area (Å²) in [5.74, 6) is 1.69. The van der Waals surface area contributed by atoms with Gasteiger partial charge in [-0.15, -0.1) is 0 Å². The summed E-state index contributed by atoms with van der Waals surface area (Å²) in [5, 5.41) is 6.59. The van der Waals surface area contributed by atoms with Crippen LogP contribution in [0.4, 0.5) is 4.79 Å². The Morgan fingerprint density at radius 3 is 2.30 bits per heavy atom. The summed E-state index contributed by atoms with van der Waals surface area (Å²) in [5.41, 5.74) is 6.50. The molecule has 1 unspecified atom stereocenters. The topological polar surface area (TPSA) is 89.5 Å². The molecule has 1 aromatic heterocycles. The van der Waals surface area contributed by atoms with Crippen molar-refractivity contribution in [2.45, 2.75) is 107 Å². The summed E-state index contributed by atoms with van der Waals surface area (Å²) in [6, 6.07) is 18.0. The number of aromatic nitrogens is 1. The maximum atomic E-state index is 14.1. The molecule has 7 nitrogen and oxygen atoms in total. The van der Waals surface area contributed by atoms with E-state index in [0.29, 0.717) is 5.92 Å². The molecule has 8 rings (SSSR count). The molecular weight excluding hydrogens is 595 g/mol. The largest absolute Gasteiger partial charge is 0.496 e. The van der Waals surface area contributed by atoms with Crippen molar-refractivity contribution in [2.24, 2.45) is 11.3 Å². The summed E-state index contributed by atoms with van der Waals surface area (Å²) < 4.78 is 15.1. The number of hydrogen-bond acceptors (Lipinski definition) is 6. The lowest BCUT2D eigenvalue weighted by atomic mass is 9.49. The number of aryl methyl sites for hydroxylation is 1. The van der Waals surface area contributed by atoms with E-state index in [9.17, 15) is 9.59 Å². The second-order valence-electron chi connectivity index (χ2n) is 14.5. The number of carbonyl (C=O) groups is 2. The Kier molecular flexibility index (Phi) is 8.60. The molecule has 2 N–H and O–H groups in total. The number of benzene rings is 2. The van der Waals surface area contributed by atoms with E-state index in [-0.39, 0.29) is 34.7 Å². The average molecular weight is 642 g/mol. The van der Waals surface area contributed by atoms with E-state index in [1.165, 1.54) is 52.8 Å². The van der Waals surface area contributed by atoms with Gasteiger partial charge in [0.2, 0.25) is 5.91 Å². The zero-order chi connectivity index (χ0) is 31.9. The second-order valence-corrected chi connectivity index (χ2v) is 15.3. The molecule has 2 bridgehead atoms. The summed E-state index contributed by atoms with van der Waals surface area (Å²) in [4.78, 5) is 27.0. The van der Waals surface area contributed by atoms with Crippen molar-refractivity contribution in [3.8, 4) is 16.2 Å². The zero-order valence-corrected chi connectivity index (χ0v) is 28.2. The molecule has 46 heavy (non-hydrogen) atoms. The summed E-state index contributed by atoms with van der Waals surface area (Å²) >= 11 is 1.60. The molecule has 8 heteroatoms. The predicted molar refractivity (Wildman–Crippen MR) is 181 cm³/mol. The zero-order valence-electron chi connectivity index (χ0n) is 27.4. The number of nitrogens with zero attached hydrogens (tertiary/aromatic N) is 1. The van der Waals surface area contributed by atoms with Crippen LogP contribution in [0.15, 0.2) is 48.5 Å². The fraction of sp³-hybridized carbons (Fsp3) is 0.553. The molecule has 2 amide bonds. The summed E-state index contributed by atoms with van der Waals surface area (Å²) in [6.45, 7) is 2.14. The van der Waals surface area contributed by atoms with Crippen LogP contribution in [0.25, 0.3) is 10.4 Å². The minimum atomic E-state index is -0.396. The molecule has 5 aliphatic rings. The van der Waals surface area contributed by atoms with Crippen LogP contribution in [0.3, 0.4) is 0 Å². The van der Waals surface area contributed by atoms with Gasteiger partial charge in [0, 0.05) is 17.9 Å². The van der Waals surface area contributed by atoms with E-state index >= 15 is 0 Å². The van der Waals surface area contributed by atoms with E-state index in [2.05, 4.69) is 66.1 Å². The van der Waals surface area contributed by atoms with Crippen molar-refractivity contribution >= 4 is 23.5 Å². The first kappa shape index (κ1) is 31.2. The maximum absolute atomic E-state index is 14.1. The molecule has 3 aromatic rings.